The molecule has 33 heavy (non-hydrogen) atoms. The van der Waals surface area contributed by atoms with E-state index in [9.17, 15) is 14.7 Å². The van der Waals surface area contributed by atoms with Crippen LogP contribution in [0.1, 0.15) is 64.4 Å². The molecule has 1 aliphatic heterocycles. The number of fused-ring (bicyclic) bond motifs is 1. The molecule has 6 nitrogen and oxygen atoms in total. The van der Waals surface area contributed by atoms with Crippen LogP contribution in [0.25, 0.3) is 10.8 Å². The van der Waals surface area contributed by atoms with Crippen LogP contribution < -0.4 is 5.32 Å². The third-order valence-electron chi connectivity index (χ3n) is 6.85. The predicted octanol–water partition coefficient (Wildman–Crippen LogP) is 4.40. The van der Waals surface area contributed by atoms with E-state index in [0.29, 0.717) is 32.5 Å². The lowest BCUT2D eigenvalue weighted by molar-refractivity contribution is -0.134. The number of carbonyl (C=O) groups is 2. The summed E-state index contributed by atoms with van der Waals surface area (Å²) in [6.45, 7) is 6.84. The number of nitrogens with zero attached hydrogens (tertiary/aromatic N) is 1. The van der Waals surface area contributed by atoms with Gasteiger partial charge in [0.05, 0.1) is 11.5 Å². The average Bonchev–Trinajstić information content (AvgIpc) is 2.78. The number of hydrogen-bond acceptors (Lipinski definition) is 5. The summed E-state index contributed by atoms with van der Waals surface area (Å²) < 4.78 is 5.62. The van der Waals surface area contributed by atoms with Crippen LogP contribution in [0.4, 0.5) is 4.79 Å². The quantitative estimate of drug-likeness (QED) is 0.719. The maximum absolute atomic E-state index is 14.2. The zero-order valence-electron chi connectivity index (χ0n) is 20.0. The van der Waals surface area contributed by atoms with Gasteiger partial charge in [-0.3, -0.25) is 9.69 Å². The Morgan fingerprint density at radius 2 is 1.79 bits per heavy atom. The van der Waals surface area contributed by atoms with Gasteiger partial charge >= 0.3 is 6.09 Å². The Bertz CT molecular complexity index is 1010. The van der Waals surface area contributed by atoms with Crippen LogP contribution >= 0.6 is 0 Å². The Morgan fingerprint density at radius 3 is 2.48 bits per heavy atom. The maximum Gasteiger partial charge on any atom is 0.410 e. The molecule has 0 radical (unpaired) electrons. The van der Waals surface area contributed by atoms with E-state index in [4.69, 9.17) is 4.74 Å². The van der Waals surface area contributed by atoms with Gasteiger partial charge < -0.3 is 15.2 Å². The minimum absolute atomic E-state index is 0.118. The van der Waals surface area contributed by atoms with Crippen LogP contribution in [0.3, 0.4) is 0 Å². The summed E-state index contributed by atoms with van der Waals surface area (Å²) in [4.78, 5) is 28.7. The summed E-state index contributed by atoms with van der Waals surface area (Å²) in [6.07, 6.45) is 3.55. The van der Waals surface area contributed by atoms with Crippen LogP contribution in [0.5, 0.6) is 0 Å². The van der Waals surface area contributed by atoms with Crippen LogP contribution in [-0.4, -0.2) is 58.8 Å². The molecule has 4 rings (SSSR count). The number of Topliss-reactive ketones (excluding diaryl/α,β-unsaturated/α-hetero) is 1. The van der Waals surface area contributed by atoms with Gasteiger partial charge in [0.15, 0.2) is 5.78 Å². The summed E-state index contributed by atoms with van der Waals surface area (Å²) in [5.74, 6) is -0.815. The third kappa shape index (κ3) is 5.22. The molecule has 0 aromatic heterocycles. The number of piperazine rings is 1. The van der Waals surface area contributed by atoms with Gasteiger partial charge in [-0.2, -0.15) is 0 Å². The lowest BCUT2D eigenvalue weighted by Gasteiger charge is -2.43. The average molecular weight is 453 g/mol. The van der Waals surface area contributed by atoms with Crippen LogP contribution in [0, 0.1) is 0 Å². The number of carbonyl (C=O) groups excluding carboxylic acids is 2. The topological polar surface area (TPSA) is 78.9 Å². The molecule has 2 atom stereocenters. The molecular weight excluding hydrogens is 416 g/mol. The Labute approximate surface area is 196 Å². The number of rotatable bonds is 4. The fourth-order valence-electron chi connectivity index (χ4n) is 5.27. The van der Waals surface area contributed by atoms with Gasteiger partial charge in [0.25, 0.3) is 0 Å². The van der Waals surface area contributed by atoms with Gasteiger partial charge in [0.2, 0.25) is 0 Å². The van der Waals surface area contributed by atoms with Crippen molar-refractivity contribution < 1.29 is 19.4 Å². The zero-order chi connectivity index (χ0) is 23.6. The summed E-state index contributed by atoms with van der Waals surface area (Å²) in [5.41, 5.74) is -0.943. The number of amides is 1. The normalized spacial score (nSPS) is 22.1. The Kier molecular flexibility index (Phi) is 6.78. The second-order valence-corrected chi connectivity index (χ2v) is 10.5. The van der Waals surface area contributed by atoms with Gasteiger partial charge in [0, 0.05) is 19.6 Å². The van der Waals surface area contributed by atoms with Gasteiger partial charge in [-0.05, 0) is 49.9 Å². The number of aliphatic hydroxyl groups is 1. The molecule has 6 heteroatoms. The first-order chi connectivity index (χ1) is 15.7. The van der Waals surface area contributed by atoms with E-state index in [2.05, 4.69) is 5.32 Å². The molecule has 0 bridgehead atoms. The Balaban J connectivity index is 1.72. The highest BCUT2D eigenvalue weighted by molar-refractivity contribution is 5.95. The highest BCUT2D eigenvalue weighted by Crippen LogP contribution is 2.42. The first kappa shape index (κ1) is 23.7. The van der Waals surface area contributed by atoms with E-state index in [1.165, 1.54) is 0 Å². The molecule has 2 aromatic rings. The third-order valence-corrected chi connectivity index (χ3v) is 6.85. The molecule has 2 aliphatic rings. The molecule has 2 aromatic carbocycles. The fraction of sp³-hybridized carbons (Fsp3) is 0.556. The summed E-state index contributed by atoms with van der Waals surface area (Å²) in [5, 5.41) is 17.2. The number of ether oxygens (including phenoxy) is 1. The fourth-order valence-corrected chi connectivity index (χ4v) is 5.27. The number of hydrogen-bond donors (Lipinski definition) is 2. The van der Waals surface area contributed by atoms with Crippen molar-refractivity contribution in [3.8, 4) is 0 Å². The monoisotopic (exact) mass is 452 g/mol. The molecular formula is C27H36N2O4. The van der Waals surface area contributed by atoms with E-state index >= 15 is 0 Å². The van der Waals surface area contributed by atoms with Crippen molar-refractivity contribution in [3.05, 3.63) is 48.0 Å². The zero-order valence-corrected chi connectivity index (χ0v) is 20.0. The molecule has 1 aliphatic carbocycles. The van der Waals surface area contributed by atoms with Gasteiger partial charge in [0.1, 0.15) is 11.6 Å². The van der Waals surface area contributed by atoms with E-state index in [0.717, 1.165) is 35.6 Å². The number of benzene rings is 2. The minimum atomic E-state index is -1.12. The molecule has 2 fully saturated rings. The molecule has 1 amide bonds. The lowest BCUT2D eigenvalue weighted by atomic mass is 9.69. The van der Waals surface area contributed by atoms with Crippen molar-refractivity contribution in [1.82, 2.24) is 10.2 Å². The molecule has 1 heterocycles. The lowest BCUT2D eigenvalue weighted by Crippen LogP contribution is -2.60. The smallest absolute Gasteiger partial charge is 0.410 e. The summed E-state index contributed by atoms with van der Waals surface area (Å²) >= 11 is 0. The van der Waals surface area contributed by atoms with Crippen molar-refractivity contribution in [2.24, 2.45) is 0 Å². The predicted molar refractivity (Wildman–Crippen MR) is 129 cm³/mol. The molecule has 178 valence electrons. The molecule has 1 saturated carbocycles. The first-order valence-electron chi connectivity index (χ1n) is 12.1. The minimum Gasteiger partial charge on any atom is -0.444 e. The number of nitrogens with one attached hydrogen (secondary N) is 1. The maximum atomic E-state index is 14.2. The summed E-state index contributed by atoms with van der Waals surface area (Å²) in [7, 11) is 0. The molecule has 1 saturated heterocycles. The molecule has 2 N–H and O–H groups in total. The number of ketones is 1. The van der Waals surface area contributed by atoms with E-state index in [-0.39, 0.29) is 5.78 Å². The van der Waals surface area contributed by atoms with Crippen molar-refractivity contribution >= 4 is 22.6 Å². The van der Waals surface area contributed by atoms with E-state index in [1.807, 2.05) is 63.2 Å². The van der Waals surface area contributed by atoms with E-state index < -0.39 is 29.3 Å². The largest absolute Gasteiger partial charge is 0.444 e. The Morgan fingerprint density at radius 1 is 1.09 bits per heavy atom. The van der Waals surface area contributed by atoms with E-state index in [1.54, 1.807) is 4.90 Å². The standard InChI is InChI=1S/C27H36N2O4/c1-26(2,3)33-25(31)29-16-15-28-18-22(29)24(30)23(27(32)13-7-4-8-14-27)21-12-11-19-9-5-6-10-20(19)17-21/h5-6,9-12,17,22-23,28,32H,4,7-8,13-16,18H2,1-3H3. The van der Waals surface area contributed by atoms with Crippen LogP contribution in [-0.2, 0) is 9.53 Å². The first-order valence-corrected chi connectivity index (χ1v) is 12.1. The van der Waals surface area contributed by atoms with Crippen molar-refractivity contribution in [2.75, 3.05) is 19.6 Å². The van der Waals surface area contributed by atoms with Crippen molar-refractivity contribution in [3.63, 3.8) is 0 Å². The molecule has 2 unspecified atom stereocenters. The van der Waals surface area contributed by atoms with Crippen molar-refractivity contribution in [1.29, 1.82) is 0 Å². The van der Waals surface area contributed by atoms with Gasteiger partial charge in [-0.25, -0.2) is 4.79 Å². The summed E-state index contributed by atoms with van der Waals surface area (Å²) in [6, 6.07) is 13.4. The van der Waals surface area contributed by atoms with Gasteiger partial charge in [-0.1, -0.05) is 61.7 Å². The van der Waals surface area contributed by atoms with Crippen LogP contribution in [0.2, 0.25) is 0 Å². The highest BCUT2D eigenvalue weighted by atomic mass is 16.6. The second kappa shape index (κ2) is 9.43. The van der Waals surface area contributed by atoms with Crippen LogP contribution in [0.15, 0.2) is 42.5 Å². The van der Waals surface area contributed by atoms with Crippen molar-refractivity contribution in [2.45, 2.75) is 76.0 Å². The Hall–Kier alpha value is -2.44. The second-order valence-electron chi connectivity index (χ2n) is 10.5. The highest BCUT2D eigenvalue weighted by Gasteiger charge is 2.47. The molecule has 0 spiro atoms. The van der Waals surface area contributed by atoms with Gasteiger partial charge in [-0.15, -0.1) is 0 Å². The SMILES string of the molecule is CC(C)(C)OC(=O)N1CCNCC1C(=O)C(c1ccc2ccccc2c1)C1(O)CCCCC1.